The highest BCUT2D eigenvalue weighted by Crippen LogP contribution is 2.37. The van der Waals surface area contributed by atoms with Gasteiger partial charge in [0.2, 0.25) is 0 Å². The van der Waals surface area contributed by atoms with E-state index >= 15 is 0 Å². The Labute approximate surface area is 197 Å². The van der Waals surface area contributed by atoms with Gasteiger partial charge in [-0.1, -0.05) is 68.9 Å². The molecule has 0 aromatic heterocycles. The van der Waals surface area contributed by atoms with Gasteiger partial charge >= 0.3 is 25.7 Å². The molecule has 0 saturated carbocycles. The SMILES string of the molecule is C=C(O[Si](CC)(CC)O[Si](CC)(CC)O[Si](CC)(CC)O[Si](CC)(CC)CC)C(C)=O. The highest BCUT2D eigenvalue weighted by atomic mass is 28.5. The molecule has 0 unspecified atom stereocenters. The second-order valence-electron chi connectivity index (χ2n) is 8.48. The fraction of sp³-hybridized carbons (Fsp3) is 0.864. The average Bonchev–Trinajstić information content (AvgIpc) is 2.80. The van der Waals surface area contributed by atoms with Crippen molar-refractivity contribution in [3.05, 3.63) is 12.3 Å². The second-order valence-corrected chi connectivity index (χ2v) is 25.3. The third-order valence-electron chi connectivity index (χ3n) is 7.01. The summed E-state index contributed by atoms with van der Waals surface area (Å²) in [6.45, 7) is 25.2. The summed E-state index contributed by atoms with van der Waals surface area (Å²) in [5.41, 5.74) is 0. The van der Waals surface area contributed by atoms with Crippen LogP contribution in [0.4, 0.5) is 0 Å². The van der Waals surface area contributed by atoms with E-state index < -0.39 is 34.0 Å². The van der Waals surface area contributed by atoms with Crippen LogP contribution in [0.3, 0.4) is 0 Å². The summed E-state index contributed by atoms with van der Waals surface area (Å²) < 4.78 is 27.6. The number of Topliss-reactive ketones (excluding diaryl/α,β-unsaturated/α-hetero) is 1. The van der Waals surface area contributed by atoms with E-state index in [1.165, 1.54) is 6.92 Å². The van der Waals surface area contributed by atoms with Gasteiger partial charge in [-0.25, -0.2) is 0 Å². The first-order chi connectivity index (χ1) is 14.5. The van der Waals surface area contributed by atoms with E-state index in [1.54, 1.807) is 0 Å². The monoisotopic (exact) mass is 506 g/mol. The number of hydrogen-bond donors (Lipinski definition) is 0. The quantitative estimate of drug-likeness (QED) is 0.109. The molecule has 0 radical (unpaired) electrons. The van der Waals surface area contributed by atoms with Crippen molar-refractivity contribution < 1.29 is 21.6 Å². The molecular weight excluding hydrogens is 457 g/mol. The lowest BCUT2D eigenvalue weighted by Crippen LogP contribution is -2.62. The van der Waals surface area contributed by atoms with Crippen molar-refractivity contribution in [1.29, 1.82) is 0 Å². The first-order valence-corrected chi connectivity index (χ1v) is 21.7. The maximum Gasteiger partial charge on any atom is 0.389 e. The molecule has 0 aromatic rings. The van der Waals surface area contributed by atoms with Crippen LogP contribution in [0.15, 0.2) is 12.3 Å². The molecule has 5 nitrogen and oxygen atoms in total. The van der Waals surface area contributed by atoms with Crippen molar-refractivity contribution in [3.63, 3.8) is 0 Å². The summed E-state index contributed by atoms with van der Waals surface area (Å²) in [7, 11) is -9.50. The Bertz CT molecular complexity index is 546. The maximum absolute atomic E-state index is 11.8. The van der Waals surface area contributed by atoms with E-state index in [4.69, 9.17) is 16.8 Å². The van der Waals surface area contributed by atoms with Crippen molar-refractivity contribution >= 4 is 39.8 Å². The standard InChI is InChI=1S/C22H50O5Si4/c1-12-28(13-2,14-3)25-30(17-6,18-7)27-31(19-8,20-9)26-29(15-4,16-5)24-22(11)21(10)23/h11-20H2,1-10H3. The van der Waals surface area contributed by atoms with Gasteiger partial charge in [0.25, 0.3) is 0 Å². The Hall–Kier alpha value is -0.0425. The Balaban J connectivity index is 6.17. The van der Waals surface area contributed by atoms with Crippen molar-refractivity contribution in [3.8, 4) is 0 Å². The highest BCUT2D eigenvalue weighted by molar-refractivity contribution is 6.91. The van der Waals surface area contributed by atoms with Crippen LogP contribution >= 0.6 is 0 Å². The minimum atomic E-state index is -2.66. The van der Waals surface area contributed by atoms with Crippen LogP contribution in [0, 0.1) is 0 Å². The third-order valence-corrected chi connectivity index (χ3v) is 27.1. The lowest BCUT2D eigenvalue weighted by atomic mass is 10.4. The molecule has 0 aliphatic heterocycles. The smallest absolute Gasteiger partial charge is 0.389 e. The Morgan fingerprint density at radius 3 is 1.19 bits per heavy atom. The molecular formula is C22H50O5Si4. The number of rotatable bonds is 18. The molecule has 0 fully saturated rings. The summed E-state index contributed by atoms with van der Waals surface area (Å²) in [5.74, 6) is 0.0768. The van der Waals surface area contributed by atoms with Crippen LogP contribution in [0.5, 0.6) is 0 Å². The van der Waals surface area contributed by atoms with Crippen molar-refractivity contribution in [2.75, 3.05) is 0 Å². The van der Waals surface area contributed by atoms with Crippen LogP contribution in [0.2, 0.25) is 54.4 Å². The molecule has 0 heterocycles. The third kappa shape index (κ3) is 8.04. The normalized spacial score (nSPS) is 13.4. The molecule has 0 amide bonds. The van der Waals surface area contributed by atoms with E-state index in [0.717, 1.165) is 54.4 Å². The summed E-state index contributed by atoms with van der Waals surface area (Å²) in [4.78, 5) is 11.8. The average molecular weight is 507 g/mol. The van der Waals surface area contributed by atoms with Crippen LogP contribution in [0.1, 0.15) is 69.2 Å². The minimum absolute atomic E-state index is 0.137. The Morgan fingerprint density at radius 1 is 0.581 bits per heavy atom. The van der Waals surface area contributed by atoms with Crippen LogP contribution in [-0.4, -0.2) is 39.8 Å². The summed E-state index contributed by atoms with van der Waals surface area (Å²) in [6, 6.07) is 8.46. The molecule has 0 N–H and O–H groups in total. The van der Waals surface area contributed by atoms with E-state index in [-0.39, 0.29) is 11.5 Å². The van der Waals surface area contributed by atoms with Crippen molar-refractivity contribution in [2.45, 2.75) is 124 Å². The maximum atomic E-state index is 11.8. The predicted molar refractivity (Wildman–Crippen MR) is 142 cm³/mol. The van der Waals surface area contributed by atoms with Gasteiger partial charge in [0.1, 0.15) is 5.76 Å². The lowest BCUT2D eigenvalue weighted by molar-refractivity contribution is -0.115. The first kappa shape index (κ1) is 31.0. The minimum Gasteiger partial charge on any atom is -0.518 e. The van der Waals surface area contributed by atoms with Gasteiger partial charge in [-0.2, -0.15) is 0 Å². The summed E-state index contributed by atoms with van der Waals surface area (Å²) in [6.07, 6.45) is 0. The number of carbonyl (C=O) groups excluding carboxylic acids is 1. The molecule has 0 saturated heterocycles. The number of carbonyl (C=O) groups is 1. The van der Waals surface area contributed by atoms with E-state index in [1.807, 2.05) is 0 Å². The Kier molecular flexibility index (Phi) is 13.6. The molecule has 184 valence electrons. The van der Waals surface area contributed by atoms with Crippen molar-refractivity contribution in [1.82, 2.24) is 0 Å². The molecule has 0 aliphatic rings. The zero-order chi connectivity index (χ0) is 24.3. The number of hydrogen-bond acceptors (Lipinski definition) is 5. The van der Waals surface area contributed by atoms with E-state index in [2.05, 4.69) is 68.9 Å². The van der Waals surface area contributed by atoms with E-state index in [0.29, 0.717) is 0 Å². The molecule has 0 aromatic carbocycles. The van der Waals surface area contributed by atoms with Gasteiger partial charge in [-0.05, 0) is 54.4 Å². The lowest BCUT2D eigenvalue weighted by Gasteiger charge is -2.47. The summed E-state index contributed by atoms with van der Waals surface area (Å²) >= 11 is 0. The Morgan fingerprint density at radius 2 is 0.903 bits per heavy atom. The fourth-order valence-electron chi connectivity index (χ4n) is 4.01. The molecule has 0 bridgehead atoms. The first-order valence-electron chi connectivity index (χ1n) is 12.5. The molecule has 0 spiro atoms. The molecule has 0 rings (SSSR count). The van der Waals surface area contributed by atoms with Crippen molar-refractivity contribution in [2.24, 2.45) is 0 Å². The van der Waals surface area contributed by atoms with Gasteiger partial charge in [-0.3, -0.25) is 4.79 Å². The largest absolute Gasteiger partial charge is 0.518 e. The summed E-state index contributed by atoms with van der Waals surface area (Å²) in [5, 5.41) is 0. The molecule has 0 atom stereocenters. The fourth-order valence-corrected chi connectivity index (χ4v) is 25.2. The van der Waals surface area contributed by atoms with Gasteiger partial charge in [0.15, 0.2) is 14.1 Å². The van der Waals surface area contributed by atoms with Crippen LogP contribution < -0.4 is 0 Å². The van der Waals surface area contributed by atoms with Gasteiger partial charge in [0, 0.05) is 6.92 Å². The van der Waals surface area contributed by atoms with Crippen LogP contribution in [-0.2, 0) is 21.6 Å². The van der Waals surface area contributed by atoms with Gasteiger partial charge in [0.05, 0.1) is 0 Å². The molecule has 9 heteroatoms. The van der Waals surface area contributed by atoms with Gasteiger partial charge in [-0.15, -0.1) is 0 Å². The van der Waals surface area contributed by atoms with E-state index in [9.17, 15) is 4.79 Å². The zero-order valence-corrected chi connectivity index (χ0v) is 26.1. The molecule has 31 heavy (non-hydrogen) atoms. The van der Waals surface area contributed by atoms with Crippen LogP contribution in [0.25, 0.3) is 0 Å². The number of ketones is 1. The predicted octanol–water partition coefficient (Wildman–Crippen LogP) is 7.61. The zero-order valence-electron chi connectivity index (χ0n) is 22.1. The molecule has 0 aliphatic carbocycles. The highest BCUT2D eigenvalue weighted by Gasteiger charge is 2.53. The van der Waals surface area contributed by atoms with Gasteiger partial charge < -0.3 is 16.8 Å². The topological polar surface area (TPSA) is 54.0 Å². The second kappa shape index (κ2) is 13.6. The number of allylic oxidation sites excluding steroid dienone is 1.